The zero-order valence-electron chi connectivity index (χ0n) is 20.1. The second kappa shape index (κ2) is 8.62. The lowest BCUT2D eigenvalue weighted by molar-refractivity contribution is -0.186. The fraction of sp³-hybridized carbons (Fsp3) is 0.200. The van der Waals surface area contributed by atoms with E-state index in [-0.39, 0.29) is 25.3 Å². The minimum Gasteiger partial charge on any atom is -0.440 e. The van der Waals surface area contributed by atoms with E-state index in [1.165, 1.54) is 12.2 Å². The largest absolute Gasteiger partial charge is 0.471 e. The van der Waals surface area contributed by atoms with Crippen molar-refractivity contribution in [3.8, 4) is 11.5 Å². The van der Waals surface area contributed by atoms with Crippen molar-refractivity contribution in [3.63, 3.8) is 0 Å². The third-order valence-corrected chi connectivity index (χ3v) is 7.26. The van der Waals surface area contributed by atoms with Crippen molar-refractivity contribution in [3.05, 3.63) is 119 Å². The van der Waals surface area contributed by atoms with Gasteiger partial charge in [-0.25, -0.2) is 0 Å². The highest BCUT2D eigenvalue weighted by atomic mass is 19.4. The summed E-state index contributed by atoms with van der Waals surface area (Å²) in [6, 6.07) is 22.2. The maximum Gasteiger partial charge on any atom is 0.471 e. The van der Waals surface area contributed by atoms with Crippen LogP contribution < -0.4 is 9.47 Å². The van der Waals surface area contributed by atoms with Crippen LogP contribution in [-0.4, -0.2) is 29.3 Å². The van der Waals surface area contributed by atoms with Crippen LogP contribution in [-0.2, 0) is 27.3 Å². The number of ether oxygens (including phenoxy) is 2. The van der Waals surface area contributed by atoms with Crippen LogP contribution in [0.3, 0.4) is 0 Å². The molecule has 1 amide bonds. The summed E-state index contributed by atoms with van der Waals surface area (Å²) in [6.07, 6.45) is 1.38. The van der Waals surface area contributed by atoms with E-state index in [9.17, 15) is 22.8 Å². The first-order chi connectivity index (χ1) is 18.2. The van der Waals surface area contributed by atoms with Crippen molar-refractivity contribution >= 4 is 11.7 Å². The number of halogens is 3. The summed E-state index contributed by atoms with van der Waals surface area (Å²) in [4.78, 5) is 25.0. The van der Waals surface area contributed by atoms with Gasteiger partial charge in [0.1, 0.15) is 0 Å². The monoisotopic (exact) mass is 517 g/mol. The van der Waals surface area contributed by atoms with E-state index in [0.717, 1.165) is 16.0 Å². The number of hydrogen-bond acceptors (Lipinski definition) is 4. The van der Waals surface area contributed by atoms with E-state index >= 15 is 0 Å². The van der Waals surface area contributed by atoms with Crippen molar-refractivity contribution in [1.82, 2.24) is 4.90 Å². The van der Waals surface area contributed by atoms with Gasteiger partial charge in [-0.05, 0) is 41.8 Å². The molecule has 0 bridgehead atoms. The van der Waals surface area contributed by atoms with Crippen LogP contribution in [0, 0.1) is 0 Å². The van der Waals surface area contributed by atoms with E-state index < -0.39 is 23.3 Å². The molecule has 0 aromatic heterocycles. The molecule has 0 fully saturated rings. The van der Waals surface area contributed by atoms with Crippen LogP contribution in [0.2, 0.25) is 0 Å². The Kier molecular flexibility index (Phi) is 5.45. The number of carbonyl (C=O) groups is 2. The first-order valence-corrected chi connectivity index (χ1v) is 12.2. The lowest BCUT2D eigenvalue weighted by Gasteiger charge is -2.30. The summed E-state index contributed by atoms with van der Waals surface area (Å²) in [5.41, 5.74) is 1.75. The van der Waals surface area contributed by atoms with Gasteiger partial charge in [0, 0.05) is 29.6 Å². The first-order valence-electron chi connectivity index (χ1n) is 12.2. The van der Waals surface area contributed by atoms with Gasteiger partial charge in [-0.15, -0.1) is 0 Å². The SMILES string of the molecule is O=C1C=CC2(C=C1)CCN(C(=O)C(F)(F)F)Cc1cc3c(cc12)OC(c1ccccc1)(c1ccccc1)O3. The molecule has 3 aromatic carbocycles. The maximum absolute atomic E-state index is 13.4. The van der Waals surface area contributed by atoms with Gasteiger partial charge in [0.2, 0.25) is 0 Å². The molecule has 0 N–H and O–H groups in total. The molecule has 38 heavy (non-hydrogen) atoms. The van der Waals surface area contributed by atoms with E-state index in [0.29, 0.717) is 22.6 Å². The number of hydrogen-bond donors (Lipinski definition) is 0. The highest BCUT2D eigenvalue weighted by Gasteiger charge is 2.48. The Balaban J connectivity index is 1.50. The molecule has 192 valence electrons. The summed E-state index contributed by atoms with van der Waals surface area (Å²) >= 11 is 0. The van der Waals surface area contributed by atoms with E-state index in [1.807, 2.05) is 60.7 Å². The van der Waals surface area contributed by atoms with E-state index in [4.69, 9.17) is 9.47 Å². The minimum absolute atomic E-state index is 0.139. The van der Waals surface area contributed by atoms with Crippen molar-refractivity contribution in [2.45, 2.75) is 30.3 Å². The Labute approximate surface area is 216 Å². The Morgan fingerprint density at radius 1 is 0.842 bits per heavy atom. The predicted molar refractivity (Wildman–Crippen MR) is 132 cm³/mol. The number of rotatable bonds is 2. The second-order valence-electron chi connectivity index (χ2n) is 9.59. The molecule has 3 aromatic rings. The fourth-order valence-electron chi connectivity index (χ4n) is 5.38. The molecule has 1 aliphatic carbocycles. The Bertz CT molecular complexity index is 1420. The zero-order valence-corrected chi connectivity index (χ0v) is 20.1. The summed E-state index contributed by atoms with van der Waals surface area (Å²) in [7, 11) is 0. The third-order valence-electron chi connectivity index (χ3n) is 7.26. The van der Waals surface area contributed by atoms with Crippen molar-refractivity contribution in [2.75, 3.05) is 6.54 Å². The number of benzene rings is 3. The lowest BCUT2D eigenvalue weighted by atomic mass is 9.73. The van der Waals surface area contributed by atoms with Crippen LogP contribution in [0.5, 0.6) is 11.5 Å². The predicted octanol–water partition coefficient (Wildman–Crippen LogP) is 5.59. The van der Waals surface area contributed by atoms with Crippen molar-refractivity contribution < 1.29 is 32.2 Å². The zero-order chi connectivity index (χ0) is 26.5. The highest BCUT2D eigenvalue weighted by Crippen LogP contribution is 2.51. The molecular formula is C30H22F3NO4. The first kappa shape index (κ1) is 24.0. The smallest absolute Gasteiger partial charge is 0.440 e. The number of nitrogens with zero attached hydrogens (tertiary/aromatic N) is 1. The Hall–Kier alpha value is -4.33. The molecule has 2 heterocycles. The van der Waals surface area contributed by atoms with Gasteiger partial charge in [0.05, 0.1) is 0 Å². The normalized spacial score (nSPS) is 18.8. The summed E-state index contributed by atoms with van der Waals surface area (Å²) in [6.45, 7) is -0.397. The van der Waals surface area contributed by atoms with Crippen molar-refractivity contribution in [1.29, 1.82) is 0 Å². The minimum atomic E-state index is -5.00. The van der Waals surface area contributed by atoms with Gasteiger partial charge < -0.3 is 14.4 Å². The van der Waals surface area contributed by atoms with E-state index in [2.05, 4.69) is 0 Å². The molecule has 3 aliphatic rings. The highest BCUT2D eigenvalue weighted by molar-refractivity contribution is 6.00. The van der Waals surface area contributed by atoms with Gasteiger partial charge in [0.25, 0.3) is 0 Å². The molecule has 0 saturated carbocycles. The molecule has 2 aliphatic heterocycles. The summed E-state index contributed by atoms with van der Waals surface area (Å²) in [5.74, 6) is -2.65. The average molecular weight is 518 g/mol. The second-order valence-corrected chi connectivity index (χ2v) is 9.59. The molecule has 0 radical (unpaired) electrons. The third kappa shape index (κ3) is 3.88. The van der Waals surface area contributed by atoms with Crippen LogP contribution in [0.4, 0.5) is 13.2 Å². The molecule has 0 unspecified atom stereocenters. The summed E-state index contributed by atoms with van der Waals surface area (Å²) in [5, 5.41) is 0. The summed E-state index contributed by atoms with van der Waals surface area (Å²) < 4.78 is 53.3. The fourth-order valence-corrected chi connectivity index (χ4v) is 5.38. The van der Waals surface area contributed by atoms with Crippen LogP contribution in [0.1, 0.15) is 28.7 Å². The Morgan fingerprint density at radius 3 is 1.95 bits per heavy atom. The molecular weight excluding hydrogens is 495 g/mol. The maximum atomic E-state index is 13.4. The topological polar surface area (TPSA) is 55.8 Å². The van der Waals surface area contributed by atoms with E-state index in [1.54, 1.807) is 24.3 Å². The molecule has 1 spiro atoms. The van der Waals surface area contributed by atoms with Gasteiger partial charge in [0.15, 0.2) is 17.3 Å². The van der Waals surface area contributed by atoms with Crippen LogP contribution >= 0.6 is 0 Å². The van der Waals surface area contributed by atoms with Crippen LogP contribution in [0.15, 0.2) is 97.1 Å². The van der Waals surface area contributed by atoms with Gasteiger partial charge in [-0.3, -0.25) is 9.59 Å². The number of amides is 1. The van der Waals surface area contributed by atoms with Gasteiger partial charge in [-0.2, -0.15) is 13.2 Å². The standard InChI is InChI=1S/C30H22F3NO4/c31-30(32,33)27(36)34-16-15-28(13-11-23(35)12-14-28)24-18-26-25(17-20(24)19-34)37-29(38-26,21-7-3-1-4-8-21)22-9-5-2-6-10-22/h1-14,17-18H,15-16,19H2. The lowest BCUT2D eigenvalue weighted by Crippen LogP contribution is -2.41. The molecule has 8 heteroatoms. The van der Waals surface area contributed by atoms with Crippen LogP contribution in [0.25, 0.3) is 0 Å². The Morgan fingerprint density at radius 2 is 1.39 bits per heavy atom. The van der Waals surface area contributed by atoms with Gasteiger partial charge >= 0.3 is 17.9 Å². The average Bonchev–Trinajstić information content (AvgIpc) is 3.24. The number of ketones is 1. The number of allylic oxidation sites excluding steroid dienone is 4. The molecule has 0 atom stereocenters. The molecule has 6 rings (SSSR count). The quantitative estimate of drug-likeness (QED) is 0.445. The number of alkyl halides is 3. The molecule has 5 nitrogen and oxygen atoms in total. The van der Waals surface area contributed by atoms with Crippen molar-refractivity contribution in [2.24, 2.45) is 0 Å². The molecule has 0 saturated heterocycles. The number of carbonyl (C=O) groups excluding carboxylic acids is 2. The van der Waals surface area contributed by atoms with Gasteiger partial charge in [-0.1, -0.05) is 72.8 Å². The number of fused-ring (bicyclic) bond motifs is 3.